The monoisotopic (exact) mass is 259 g/mol. The fourth-order valence-electron chi connectivity index (χ4n) is 1.73. The number of nitrogens with one attached hydrogen (secondary N) is 1. The van der Waals surface area contributed by atoms with Crippen molar-refractivity contribution in [3.8, 4) is 0 Å². The molecule has 1 heterocycles. The summed E-state index contributed by atoms with van der Waals surface area (Å²) < 4.78 is 42.0. The molecule has 2 rings (SSSR count). The SMILES string of the molecule is O=C(Nc1ccc(C(F)(F)F)cc1)C1CCOC1. The average molecular weight is 259 g/mol. The number of anilines is 1. The number of carbonyl (C=O) groups excluding carboxylic acids is 1. The molecule has 1 amide bonds. The van der Waals surface area contributed by atoms with Gasteiger partial charge in [-0.1, -0.05) is 0 Å². The van der Waals surface area contributed by atoms with Gasteiger partial charge in [0.2, 0.25) is 5.91 Å². The molecule has 0 aromatic heterocycles. The smallest absolute Gasteiger partial charge is 0.381 e. The zero-order chi connectivity index (χ0) is 13.2. The minimum atomic E-state index is -4.36. The van der Waals surface area contributed by atoms with Crippen molar-refractivity contribution in [3.63, 3.8) is 0 Å². The third-order valence-electron chi connectivity index (χ3n) is 2.78. The van der Waals surface area contributed by atoms with E-state index in [1.807, 2.05) is 0 Å². The van der Waals surface area contributed by atoms with Crippen molar-refractivity contribution in [2.24, 2.45) is 5.92 Å². The van der Waals surface area contributed by atoms with Crippen molar-refractivity contribution in [1.29, 1.82) is 0 Å². The summed E-state index contributed by atoms with van der Waals surface area (Å²) in [7, 11) is 0. The number of rotatable bonds is 2. The van der Waals surface area contributed by atoms with Gasteiger partial charge in [-0.3, -0.25) is 4.79 Å². The van der Waals surface area contributed by atoms with E-state index in [0.717, 1.165) is 12.1 Å². The average Bonchev–Trinajstić information content (AvgIpc) is 2.82. The van der Waals surface area contributed by atoms with E-state index in [9.17, 15) is 18.0 Å². The first-order valence-corrected chi connectivity index (χ1v) is 5.52. The third-order valence-corrected chi connectivity index (χ3v) is 2.78. The van der Waals surface area contributed by atoms with Crippen LogP contribution in [-0.2, 0) is 15.7 Å². The van der Waals surface area contributed by atoms with Gasteiger partial charge in [-0.15, -0.1) is 0 Å². The molecule has 0 radical (unpaired) electrons. The van der Waals surface area contributed by atoms with Crippen molar-refractivity contribution in [2.75, 3.05) is 18.5 Å². The van der Waals surface area contributed by atoms with Crippen LogP contribution in [0.4, 0.5) is 18.9 Å². The Hall–Kier alpha value is -1.56. The highest BCUT2D eigenvalue weighted by Gasteiger charge is 2.30. The van der Waals surface area contributed by atoms with Crippen molar-refractivity contribution in [3.05, 3.63) is 29.8 Å². The van der Waals surface area contributed by atoms with Crippen molar-refractivity contribution >= 4 is 11.6 Å². The van der Waals surface area contributed by atoms with Crippen LogP contribution in [0.2, 0.25) is 0 Å². The molecular formula is C12H12F3NO2. The van der Waals surface area contributed by atoms with Gasteiger partial charge in [0.05, 0.1) is 18.1 Å². The van der Waals surface area contributed by atoms with Gasteiger partial charge in [0.15, 0.2) is 0 Å². The lowest BCUT2D eigenvalue weighted by Gasteiger charge is -2.11. The lowest BCUT2D eigenvalue weighted by Crippen LogP contribution is -2.22. The van der Waals surface area contributed by atoms with Crippen molar-refractivity contribution < 1.29 is 22.7 Å². The van der Waals surface area contributed by atoms with Crippen molar-refractivity contribution in [1.82, 2.24) is 0 Å². The highest BCUT2D eigenvalue weighted by Crippen LogP contribution is 2.29. The number of benzene rings is 1. The van der Waals surface area contributed by atoms with Gasteiger partial charge in [0.25, 0.3) is 0 Å². The summed E-state index contributed by atoms with van der Waals surface area (Å²) in [5, 5.41) is 2.58. The van der Waals surface area contributed by atoms with Crippen LogP contribution in [0, 0.1) is 5.92 Å². The summed E-state index contributed by atoms with van der Waals surface area (Å²) in [6.45, 7) is 0.914. The molecule has 1 aromatic rings. The molecule has 98 valence electrons. The van der Waals surface area contributed by atoms with Gasteiger partial charge in [0.1, 0.15) is 0 Å². The zero-order valence-corrected chi connectivity index (χ0v) is 9.46. The summed E-state index contributed by atoms with van der Waals surface area (Å²) in [4.78, 5) is 11.7. The van der Waals surface area contributed by atoms with Crippen LogP contribution in [0.3, 0.4) is 0 Å². The van der Waals surface area contributed by atoms with Gasteiger partial charge < -0.3 is 10.1 Å². The summed E-state index contributed by atoms with van der Waals surface area (Å²) in [5.41, 5.74) is -0.371. The molecule has 3 nitrogen and oxygen atoms in total. The van der Waals surface area contributed by atoms with E-state index in [-0.39, 0.29) is 11.8 Å². The number of alkyl halides is 3. The lowest BCUT2D eigenvalue weighted by molar-refractivity contribution is -0.137. The molecule has 1 aromatic carbocycles. The lowest BCUT2D eigenvalue weighted by atomic mass is 10.1. The molecule has 1 atom stereocenters. The summed E-state index contributed by atoms with van der Waals surface area (Å²) in [5.74, 6) is -0.431. The van der Waals surface area contributed by atoms with E-state index < -0.39 is 11.7 Å². The third kappa shape index (κ3) is 3.01. The Bertz CT molecular complexity index is 422. The Kier molecular flexibility index (Phi) is 3.56. The van der Waals surface area contributed by atoms with Gasteiger partial charge in [-0.05, 0) is 30.7 Å². The van der Waals surface area contributed by atoms with E-state index in [1.54, 1.807) is 0 Å². The zero-order valence-electron chi connectivity index (χ0n) is 9.46. The molecule has 1 aliphatic rings. The molecule has 0 bridgehead atoms. The fraction of sp³-hybridized carbons (Fsp3) is 0.417. The molecule has 1 saturated heterocycles. The number of carbonyl (C=O) groups is 1. The molecule has 1 N–H and O–H groups in total. The Morgan fingerprint density at radius 2 is 1.94 bits per heavy atom. The standard InChI is InChI=1S/C12H12F3NO2/c13-12(14,15)9-1-3-10(4-2-9)16-11(17)8-5-6-18-7-8/h1-4,8H,5-7H2,(H,16,17). The molecule has 0 spiro atoms. The number of halogens is 3. The van der Waals surface area contributed by atoms with E-state index in [1.165, 1.54) is 12.1 Å². The van der Waals surface area contributed by atoms with E-state index >= 15 is 0 Å². The predicted octanol–water partition coefficient (Wildman–Crippen LogP) is 2.68. The minimum Gasteiger partial charge on any atom is -0.381 e. The molecule has 1 aliphatic heterocycles. The minimum absolute atomic E-state index is 0.215. The predicted molar refractivity (Wildman–Crippen MR) is 59.0 cm³/mol. The molecule has 18 heavy (non-hydrogen) atoms. The van der Waals surface area contributed by atoms with Gasteiger partial charge in [-0.2, -0.15) is 13.2 Å². The molecule has 0 aliphatic carbocycles. The van der Waals surface area contributed by atoms with Crippen molar-refractivity contribution in [2.45, 2.75) is 12.6 Å². The van der Waals surface area contributed by atoms with Crippen LogP contribution < -0.4 is 5.32 Å². The Balaban J connectivity index is 2.00. The van der Waals surface area contributed by atoms with Crippen LogP contribution in [0.25, 0.3) is 0 Å². The normalized spacial score (nSPS) is 19.8. The van der Waals surface area contributed by atoms with Crippen LogP contribution >= 0.6 is 0 Å². The fourth-order valence-corrected chi connectivity index (χ4v) is 1.73. The summed E-state index contributed by atoms with van der Waals surface area (Å²) in [6, 6.07) is 4.38. The van der Waals surface area contributed by atoms with E-state index in [4.69, 9.17) is 4.74 Å². The number of hydrogen-bond donors (Lipinski definition) is 1. The quantitative estimate of drug-likeness (QED) is 0.886. The largest absolute Gasteiger partial charge is 0.416 e. The van der Waals surface area contributed by atoms with Crippen LogP contribution in [0.1, 0.15) is 12.0 Å². The Morgan fingerprint density at radius 3 is 2.44 bits per heavy atom. The van der Waals surface area contributed by atoms with Crippen LogP contribution in [0.15, 0.2) is 24.3 Å². The van der Waals surface area contributed by atoms with Crippen LogP contribution in [-0.4, -0.2) is 19.1 Å². The highest BCUT2D eigenvalue weighted by atomic mass is 19.4. The Labute approximate surface area is 102 Å². The summed E-state index contributed by atoms with van der Waals surface area (Å²) in [6.07, 6.45) is -3.71. The maximum absolute atomic E-state index is 12.3. The topological polar surface area (TPSA) is 38.3 Å². The van der Waals surface area contributed by atoms with E-state index in [0.29, 0.717) is 25.3 Å². The Morgan fingerprint density at radius 1 is 1.28 bits per heavy atom. The first-order chi connectivity index (χ1) is 8.47. The maximum atomic E-state index is 12.3. The van der Waals surface area contributed by atoms with Gasteiger partial charge in [-0.25, -0.2) is 0 Å². The summed E-state index contributed by atoms with van der Waals surface area (Å²) >= 11 is 0. The second-order valence-corrected chi connectivity index (χ2v) is 4.12. The second kappa shape index (κ2) is 4.97. The first kappa shape index (κ1) is 12.9. The maximum Gasteiger partial charge on any atom is 0.416 e. The number of ether oxygens (including phenoxy) is 1. The molecule has 0 saturated carbocycles. The molecule has 1 fully saturated rings. The molecular weight excluding hydrogens is 247 g/mol. The van der Waals surface area contributed by atoms with Gasteiger partial charge in [0, 0.05) is 12.3 Å². The number of hydrogen-bond acceptors (Lipinski definition) is 2. The highest BCUT2D eigenvalue weighted by molar-refractivity contribution is 5.92. The van der Waals surface area contributed by atoms with Gasteiger partial charge >= 0.3 is 6.18 Å². The second-order valence-electron chi connectivity index (χ2n) is 4.12. The number of amides is 1. The first-order valence-electron chi connectivity index (χ1n) is 5.52. The van der Waals surface area contributed by atoms with E-state index in [2.05, 4.69) is 5.32 Å². The van der Waals surface area contributed by atoms with Crippen LogP contribution in [0.5, 0.6) is 0 Å². The molecule has 1 unspecified atom stereocenters. The molecule has 6 heteroatoms.